The van der Waals surface area contributed by atoms with Crippen LogP contribution in [0.1, 0.15) is 20.3 Å². The Morgan fingerprint density at radius 2 is 2.33 bits per heavy atom. The van der Waals surface area contributed by atoms with E-state index in [1.165, 1.54) is 0 Å². The van der Waals surface area contributed by atoms with E-state index in [0.29, 0.717) is 6.61 Å². The third-order valence-electron chi connectivity index (χ3n) is 2.76. The minimum atomic E-state index is 0.00546. The lowest BCUT2D eigenvalue weighted by molar-refractivity contribution is -0.0526. The zero-order chi connectivity index (χ0) is 11.1. The first-order valence-corrected chi connectivity index (χ1v) is 5.95. The minimum absolute atomic E-state index is 0.00546. The van der Waals surface area contributed by atoms with Crippen molar-refractivity contribution in [3.05, 3.63) is 0 Å². The molecular weight excluding hydrogens is 192 g/mol. The van der Waals surface area contributed by atoms with Gasteiger partial charge in [0.2, 0.25) is 0 Å². The molecule has 15 heavy (non-hydrogen) atoms. The summed E-state index contributed by atoms with van der Waals surface area (Å²) in [5.41, 5.74) is 6.03. The van der Waals surface area contributed by atoms with Crippen molar-refractivity contribution in [2.24, 2.45) is 5.73 Å². The first-order chi connectivity index (χ1) is 7.27. The second-order valence-corrected chi connectivity index (χ2v) is 4.04. The molecule has 1 aliphatic heterocycles. The van der Waals surface area contributed by atoms with E-state index in [-0.39, 0.29) is 12.1 Å². The summed E-state index contributed by atoms with van der Waals surface area (Å²) in [7, 11) is 0. The maximum absolute atomic E-state index is 6.03. The Morgan fingerprint density at radius 1 is 1.53 bits per heavy atom. The largest absolute Gasteiger partial charge is 0.380 e. The van der Waals surface area contributed by atoms with Crippen LogP contribution in [0.4, 0.5) is 0 Å². The van der Waals surface area contributed by atoms with Crippen LogP contribution in [-0.2, 0) is 9.47 Å². The van der Waals surface area contributed by atoms with Crippen molar-refractivity contribution in [1.29, 1.82) is 0 Å². The molecule has 0 aromatic rings. The van der Waals surface area contributed by atoms with Crippen LogP contribution in [0.5, 0.6) is 0 Å². The van der Waals surface area contributed by atoms with E-state index in [2.05, 4.69) is 18.7 Å². The van der Waals surface area contributed by atoms with Gasteiger partial charge in [-0.25, -0.2) is 0 Å². The van der Waals surface area contributed by atoms with Crippen LogP contribution < -0.4 is 5.73 Å². The SMILES string of the molecule is CCCOCC(N)C1CN(CC)CCO1. The monoisotopic (exact) mass is 216 g/mol. The smallest absolute Gasteiger partial charge is 0.0875 e. The van der Waals surface area contributed by atoms with E-state index in [4.69, 9.17) is 15.2 Å². The molecule has 2 N–H and O–H groups in total. The number of nitrogens with two attached hydrogens (primary N) is 1. The van der Waals surface area contributed by atoms with Crippen molar-refractivity contribution in [3.8, 4) is 0 Å². The van der Waals surface area contributed by atoms with E-state index in [0.717, 1.165) is 39.3 Å². The van der Waals surface area contributed by atoms with Crippen LogP contribution in [0.2, 0.25) is 0 Å². The fourth-order valence-electron chi connectivity index (χ4n) is 1.75. The standard InChI is InChI=1S/C11H24N2O2/c1-3-6-14-9-10(12)11-8-13(4-2)5-7-15-11/h10-11H,3-9,12H2,1-2H3. The van der Waals surface area contributed by atoms with Crippen LogP contribution in [0.25, 0.3) is 0 Å². The quantitative estimate of drug-likeness (QED) is 0.655. The van der Waals surface area contributed by atoms with Gasteiger partial charge in [0.15, 0.2) is 0 Å². The Labute approximate surface area is 92.7 Å². The highest BCUT2D eigenvalue weighted by atomic mass is 16.5. The molecule has 1 saturated heterocycles. The topological polar surface area (TPSA) is 47.7 Å². The average molecular weight is 216 g/mol. The van der Waals surface area contributed by atoms with E-state index < -0.39 is 0 Å². The molecule has 0 radical (unpaired) electrons. The second-order valence-electron chi connectivity index (χ2n) is 4.04. The molecule has 4 nitrogen and oxygen atoms in total. The molecule has 90 valence electrons. The van der Waals surface area contributed by atoms with Gasteiger partial charge in [0.05, 0.1) is 25.4 Å². The molecule has 0 spiro atoms. The average Bonchev–Trinajstić information content (AvgIpc) is 2.29. The van der Waals surface area contributed by atoms with Gasteiger partial charge in [-0.05, 0) is 13.0 Å². The molecule has 0 aliphatic carbocycles. The van der Waals surface area contributed by atoms with Gasteiger partial charge in [-0.2, -0.15) is 0 Å². The Balaban J connectivity index is 2.22. The molecule has 0 saturated carbocycles. The minimum Gasteiger partial charge on any atom is -0.380 e. The summed E-state index contributed by atoms with van der Waals surface area (Å²) in [5, 5.41) is 0. The normalized spacial score (nSPS) is 25.4. The van der Waals surface area contributed by atoms with Crippen molar-refractivity contribution in [1.82, 2.24) is 4.90 Å². The highest BCUT2D eigenvalue weighted by molar-refractivity contribution is 4.80. The maximum Gasteiger partial charge on any atom is 0.0875 e. The van der Waals surface area contributed by atoms with Crippen LogP contribution in [0.15, 0.2) is 0 Å². The lowest BCUT2D eigenvalue weighted by Gasteiger charge is -2.34. The summed E-state index contributed by atoms with van der Waals surface area (Å²) in [6.07, 6.45) is 1.18. The summed E-state index contributed by atoms with van der Waals surface area (Å²) in [4.78, 5) is 2.37. The van der Waals surface area contributed by atoms with E-state index in [1.807, 2.05) is 0 Å². The molecule has 1 fully saturated rings. The summed E-state index contributed by atoms with van der Waals surface area (Å²) >= 11 is 0. The molecule has 0 amide bonds. The molecule has 1 aliphatic rings. The molecule has 1 rings (SSSR count). The van der Waals surface area contributed by atoms with Gasteiger partial charge in [-0.3, -0.25) is 4.90 Å². The number of rotatable bonds is 6. The van der Waals surface area contributed by atoms with Gasteiger partial charge in [-0.1, -0.05) is 13.8 Å². The highest BCUT2D eigenvalue weighted by Gasteiger charge is 2.24. The van der Waals surface area contributed by atoms with E-state index >= 15 is 0 Å². The van der Waals surface area contributed by atoms with Crippen LogP contribution in [-0.4, -0.2) is 56.5 Å². The summed E-state index contributed by atoms with van der Waals surface area (Å²) in [6.45, 7) is 9.49. The molecule has 0 bridgehead atoms. The van der Waals surface area contributed by atoms with Crippen molar-refractivity contribution >= 4 is 0 Å². The second kappa shape index (κ2) is 7.17. The van der Waals surface area contributed by atoms with Crippen LogP contribution in [0, 0.1) is 0 Å². The summed E-state index contributed by atoms with van der Waals surface area (Å²) in [5.74, 6) is 0. The number of morpholine rings is 1. The number of hydrogen-bond donors (Lipinski definition) is 1. The zero-order valence-corrected chi connectivity index (χ0v) is 9.95. The van der Waals surface area contributed by atoms with Crippen LogP contribution in [0.3, 0.4) is 0 Å². The van der Waals surface area contributed by atoms with Crippen molar-refractivity contribution in [2.75, 3.05) is 39.5 Å². The van der Waals surface area contributed by atoms with Gasteiger partial charge in [0.25, 0.3) is 0 Å². The Kier molecular flexibility index (Phi) is 6.17. The molecule has 4 heteroatoms. The lowest BCUT2D eigenvalue weighted by Crippen LogP contribution is -2.52. The fourth-order valence-corrected chi connectivity index (χ4v) is 1.75. The molecule has 2 unspecified atom stereocenters. The van der Waals surface area contributed by atoms with Crippen molar-refractivity contribution in [3.63, 3.8) is 0 Å². The van der Waals surface area contributed by atoms with Crippen LogP contribution >= 0.6 is 0 Å². The Hall–Kier alpha value is -0.160. The number of hydrogen-bond acceptors (Lipinski definition) is 4. The lowest BCUT2D eigenvalue weighted by atomic mass is 10.1. The Morgan fingerprint density at radius 3 is 3.00 bits per heavy atom. The maximum atomic E-state index is 6.03. The number of ether oxygens (including phenoxy) is 2. The predicted octanol–water partition coefficient (Wildman–Crippen LogP) is 0.461. The molecule has 0 aromatic heterocycles. The highest BCUT2D eigenvalue weighted by Crippen LogP contribution is 2.07. The van der Waals surface area contributed by atoms with Crippen molar-refractivity contribution in [2.45, 2.75) is 32.4 Å². The van der Waals surface area contributed by atoms with Gasteiger partial charge in [-0.15, -0.1) is 0 Å². The number of likely N-dealkylation sites (N-methyl/N-ethyl adjacent to an activating group) is 1. The fraction of sp³-hybridized carbons (Fsp3) is 1.00. The Bertz CT molecular complexity index is 167. The predicted molar refractivity (Wildman–Crippen MR) is 60.9 cm³/mol. The molecule has 2 atom stereocenters. The van der Waals surface area contributed by atoms with Crippen molar-refractivity contribution < 1.29 is 9.47 Å². The zero-order valence-electron chi connectivity index (χ0n) is 9.95. The molecular formula is C11H24N2O2. The van der Waals surface area contributed by atoms with Gasteiger partial charge in [0, 0.05) is 19.7 Å². The third-order valence-corrected chi connectivity index (χ3v) is 2.76. The third kappa shape index (κ3) is 4.47. The van der Waals surface area contributed by atoms with E-state index in [9.17, 15) is 0 Å². The molecule has 1 heterocycles. The summed E-state index contributed by atoms with van der Waals surface area (Å²) in [6, 6.07) is 0.00546. The van der Waals surface area contributed by atoms with E-state index in [1.54, 1.807) is 0 Å². The first-order valence-electron chi connectivity index (χ1n) is 5.95. The first kappa shape index (κ1) is 12.9. The van der Waals surface area contributed by atoms with Gasteiger partial charge in [0.1, 0.15) is 0 Å². The number of nitrogens with zero attached hydrogens (tertiary/aromatic N) is 1. The molecule has 0 aromatic carbocycles. The summed E-state index contributed by atoms with van der Waals surface area (Å²) < 4.78 is 11.1. The van der Waals surface area contributed by atoms with Gasteiger partial charge >= 0.3 is 0 Å². The van der Waals surface area contributed by atoms with Gasteiger partial charge < -0.3 is 15.2 Å².